The highest BCUT2D eigenvalue weighted by Crippen LogP contribution is 2.64. The van der Waals surface area contributed by atoms with Crippen LogP contribution >= 0.6 is 23.5 Å². The maximum absolute atomic E-state index is 11.7. The van der Waals surface area contributed by atoms with E-state index in [9.17, 15) is 9.59 Å². The van der Waals surface area contributed by atoms with E-state index in [1.165, 1.54) is 21.2 Å². The third kappa shape index (κ3) is 9.94. The average molecular weight is 885 g/mol. The van der Waals surface area contributed by atoms with Crippen molar-refractivity contribution >= 4 is 64.0 Å². The van der Waals surface area contributed by atoms with E-state index in [1.54, 1.807) is 17.2 Å². The second-order valence-corrected chi connectivity index (χ2v) is 19.5. The lowest BCUT2D eigenvalue weighted by Gasteiger charge is -2.41. The summed E-state index contributed by atoms with van der Waals surface area (Å²) in [7, 11) is 0. The lowest BCUT2D eigenvalue weighted by Crippen LogP contribution is -2.47. The second-order valence-electron chi connectivity index (χ2n) is 17.1. The number of benzene rings is 4. The van der Waals surface area contributed by atoms with Crippen LogP contribution in [0.15, 0.2) is 106 Å². The number of allylic oxidation sites excluding steroid dienone is 1. The van der Waals surface area contributed by atoms with Crippen molar-refractivity contribution in [2.24, 2.45) is 0 Å². The quantitative estimate of drug-likeness (QED) is 0.0695. The molecule has 5 heterocycles. The van der Waals surface area contributed by atoms with Gasteiger partial charge in [0.05, 0.1) is 29.7 Å². The fourth-order valence-electron chi connectivity index (χ4n) is 9.77. The Labute approximate surface area is 380 Å². The Bertz CT molecular complexity index is 2460. The van der Waals surface area contributed by atoms with E-state index >= 15 is 0 Å². The number of aromatic nitrogens is 1. The number of amides is 1. The Morgan fingerprint density at radius 1 is 0.714 bits per heavy atom. The van der Waals surface area contributed by atoms with Gasteiger partial charge in [-0.2, -0.15) is 0 Å². The number of nitrogens with one attached hydrogen (secondary N) is 2. The van der Waals surface area contributed by atoms with Gasteiger partial charge in [-0.05, 0) is 123 Å². The molecule has 4 aromatic carbocycles. The summed E-state index contributed by atoms with van der Waals surface area (Å²) >= 11 is 4.23. The molecular weight excluding hydrogens is 825 g/mol. The van der Waals surface area contributed by atoms with Crippen LogP contribution in [0.4, 0.5) is 17.1 Å². The number of anilines is 3. The summed E-state index contributed by atoms with van der Waals surface area (Å²) in [6.45, 7) is 16.5. The molecule has 3 unspecified atom stereocenters. The SMILES string of the molecule is C/C=C\c1ccc(OCCCCN2CCN(c3cccc4c3C3Sc5cccc(N6CCN(CCCCOc7ccc8ccc(=O)[nH]c8c7)CC6)c5C(C)C3S4)CC2)cc1NC=O. The summed E-state index contributed by atoms with van der Waals surface area (Å²) in [5.74, 6) is 2.05. The van der Waals surface area contributed by atoms with E-state index in [4.69, 9.17) is 9.47 Å². The number of rotatable bonds is 17. The molecule has 1 amide bonds. The van der Waals surface area contributed by atoms with Gasteiger partial charge < -0.3 is 29.6 Å². The minimum atomic E-state index is -0.0927. The predicted octanol–water partition coefficient (Wildman–Crippen LogP) is 9.52. The van der Waals surface area contributed by atoms with Crippen LogP contribution in [0.3, 0.4) is 0 Å². The molecule has 10 nitrogen and oxygen atoms in total. The van der Waals surface area contributed by atoms with Crippen LogP contribution in [0.2, 0.25) is 0 Å². The first-order chi connectivity index (χ1) is 30.9. The first-order valence-electron chi connectivity index (χ1n) is 22.8. The van der Waals surface area contributed by atoms with E-state index in [0.29, 0.717) is 36.0 Å². The third-order valence-electron chi connectivity index (χ3n) is 13.1. The Morgan fingerprint density at radius 2 is 1.32 bits per heavy atom. The molecule has 330 valence electrons. The van der Waals surface area contributed by atoms with Gasteiger partial charge in [0.2, 0.25) is 12.0 Å². The zero-order chi connectivity index (χ0) is 43.1. The van der Waals surface area contributed by atoms with Gasteiger partial charge in [-0.3, -0.25) is 19.4 Å². The van der Waals surface area contributed by atoms with Crippen molar-refractivity contribution < 1.29 is 14.3 Å². The summed E-state index contributed by atoms with van der Waals surface area (Å²) in [6.07, 6.45) is 8.85. The summed E-state index contributed by atoms with van der Waals surface area (Å²) in [5, 5.41) is 4.76. The number of carbonyl (C=O) groups is 1. The van der Waals surface area contributed by atoms with E-state index in [1.807, 2.05) is 61.5 Å². The molecule has 63 heavy (non-hydrogen) atoms. The topological polar surface area (TPSA) is 93.4 Å². The van der Waals surface area contributed by atoms with Crippen molar-refractivity contribution in [1.29, 1.82) is 0 Å². The number of thioether (sulfide) groups is 2. The first kappa shape index (κ1) is 43.4. The van der Waals surface area contributed by atoms with Crippen LogP contribution in [-0.4, -0.2) is 105 Å². The Morgan fingerprint density at radius 3 is 1.97 bits per heavy atom. The number of fused-ring (bicyclic) bond motifs is 5. The van der Waals surface area contributed by atoms with Gasteiger partial charge in [-0.15, -0.1) is 23.5 Å². The molecule has 0 spiro atoms. The molecule has 2 fully saturated rings. The highest BCUT2D eigenvalue weighted by molar-refractivity contribution is 8.04. The number of unbranched alkanes of at least 4 members (excludes halogenated alkanes) is 2. The monoisotopic (exact) mass is 884 g/mol. The van der Waals surface area contributed by atoms with Gasteiger partial charge in [-0.25, -0.2) is 0 Å². The van der Waals surface area contributed by atoms with Crippen LogP contribution < -0.4 is 30.1 Å². The molecule has 0 aliphatic carbocycles. The molecular formula is C51H60N6O4S2. The Hall–Kier alpha value is -4.88. The number of pyridine rings is 1. The smallest absolute Gasteiger partial charge is 0.248 e. The minimum Gasteiger partial charge on any atom is -0.494 e. The maximum Gasteiger partial charge on any atom is 0.248 e. The molecule has 12 heteroatoms. The molecule has 4 aliphatic heterocycles. The molecule has 0 saturated carbocycles. The summed E-state index contributed by atoms with van der Waals surface area (Å²) < 4.78 is 12.1. The van der Waals surface area contributed by atoms with Gasteiger partial charge in [0, 0.05) is 103 Å². The van der Waals surface area contributed by atoms with Gasteiger partial charge in [0.15, 0.2) is 0 Å². The number of hydrogen-bond donors (Lipinski definition) is 2. The number of ether oxygens (including phenoxy) is 2. The molecule has 2 saturated heterocycles. The third-order valence-corrected chi connectivity index (χ3v) is 16.2. The molecule has 5 aromatic rings. The van der Waals surface area contributed by atoms with Crippen molar-refractivity contribution in [3.8, 4) is 11.5 Å². The second kappa shape index (κ2) is 20.3. The lowest BCUT2D eigenvalue weighted by molar-refractivity contribution is -0.105. The molecule has 3 atom stereocenters. The predicted molar refractivity (Wildman–Crippen MR) is 262 cm³/mol. The molecule has 1 aromatic heterocycles. The largest absolute Gasteiger partial charge is 0.494 e. The number of hydrogen-bond acceptors (Lipinski definition) is 10. The van der Waals surface area contributed by atoms with Crippen molar-refractivity contribution in [3.63, 3.8) is 0 Å². The number of aromatic amines is 1. The van der Waals surface area contributed by atoms with Crippen LogP contribution in [0, 0.1) is 0 Å². The Kier molecular flexibility index (Phi) is 14.0. The van der Waals surface area contributed by atoms with Crippen molar-refractivity contribution in [1.82, 2.24) is 14.8 Å². The minimum absolute atomic E-state index is 0.0927. The zero-order valence-electron chi connectivity index (χ0n) is 36.6. The van der Waals surface area contributed by atoms with Crippen LogP contribution in [-0.2, 0) is 4.79 Å². The highest BCUT2D eigenvalue weighted by atomic mass is 32.2. The average Bonchev–Trinajstić information content (AvgIpc) is 3.69. The number of H-pyrrole nitrogens is 1. The van der Waals surface area contributed by atoms with Gasteiger partial charge >= 0.3 is 0 Å². The maximum atomic E-state index is 11.7. The lowest BCUT2D eigenvalue weighted by atomic mass is 9.90. The molecule has 0 radical (unpaired) electrons. The van der Waals surface area contributed by atoms with Crippen molar-refractivity contribution in [3.05, 3.63) is 118 Å². The first-order valence-corrected chi connectivity index (χ1v) is 24.6. The van der Waals surface area contributed by atoms with Crippen LogP contribution in [0.1, 0.15) is 67.4 Å². The number of carbonyl (C=O) groups excluding carboxylic acids is 1. The number of nitrogens with zero attached hydrogens (tertiary/aromatic N) is 4. The standard InChI is InChI=1S/C51H60N6O4S2/c1-3-10-37-15-18-39(33-41(37)52-35-58)60-31-6-4-22-55-25-29-57(30-26-55)44-12-9-14-46-49(44)51-50(62-46)36(2)48-43(11-8-13-45(48)63-51)56-27-23-54(24-28-56)21-5-7-32-61-40-19-16-38-17-20-47(59)53-42(38)34-40/h3,8-20,33-36,50-51H,4-7,21-32H2,1-2H3,(H,52,58)(H,53,59)/b10-3-. The van der Waals surface area contributed by atoms with E-state index in [0.717, 1.165) is 125 Å². The zero-order valence-corrected chi connectivity index (χ0v) is 38.2. The molecule has 4 aliphatic rings. The van der Waals surface area contributed by atoms with E-state index in [-0.39, 0.29) is 5.56 Å². The molecule has 9 rings (SSSR count). The summed E-state index contributed by atoms with van der Waals surface area (Å²) in [4.78, 5) is 39.2. The van der Waals surface area contributed by atoms with Gasteiger partial charge in [0.1, 0.15) is 11.5 Å². The van der Waals surface area contributed by atoms with Gasteiger partial charge in [0.25, 0.3) is 0 Å². The fourth-order valence-corrected chi connectivity index (χ4v) is 13.2. The van der Waals surface area contributed by atoms with Crippen LogP contribution in [0.5, 0.6) is 11.5 Å². The van der Waals surface area contributed by atoms with E-state index < -0.39 is 0 Å². The highest BCUT2D eigenvalue weighted by Gasteiger charge is 2.45. The summed E-state index contributed by atoms with van der Waals surface area (Å²) in [5.41, 5.74) is 8.44. The van der Waals surface area contributed by atoms with Crippen LogP contribution in [0.25, 0.3) is 17.0 Å². The van der Waals surface area contributed by atoms with Crippen molar-refractivity contribution in [2.45, 2.75) is 65.7 Å². The fraction of sp³-hybridized carbons (Fsp3) is 0.412. The van der Waals surface area contributed by atoms with E-state index in [2.05, 4.69) is 96.7 Å². The molecule has 0 bridgehead atoms. The number of piperazine rings is 2. The van der Waals surface area contributed by atoms with Gasteiger partial charge in [-0.1, -0.05) is 31.2 Å². The van der Waals surface area contributed by atoms with Crippen molar-refractivity contribution in [2.75, 3.05) is 93.8 Å². The normalized spacial score (nSPS) is 20.1. The summed E-state index contributed by atoms with van der Waals surface area (Å²) in [6, 6.07) is 29.2. The molecule has 2 N–H and O–H groups in total. The Balaban J connectivity index is 0.739.